The summed E-state index contributed by atoms with van der Waals surface area (Å²) in [6.07, 6.45) is 14.6. The molecule has 2 fully saturated rings. The number of hydrogen-bond donors (Lipinski definition) is 2. The summed E-state index contributed by atoms with van der Waals surface area (Å²) in [6.45, 7) is 11.5. The molecule has 1 aromatic rings. The monoisotopic (exact) mass is 629 g/mol. The molecule has 43 heavy (non-hydrogen) atoms. The van der Waals surface area contributed by atoms with Crippen molar-refractivity contribution in [3.8, 4) is 0 Å². The van der Waals surface area contributed by atoms with Crippen molar-refractivity contribution in [1.29, 1.82) is 0 Å². The lowest BCUT2D eigenvalue weighted by Crippen LogP contribution is -2.55. The number of nitrogens with zero attached hydrogens (tertiary/aromatic N) is 1. The first-order valence-corrected chi connectivity index (χ1v) is 17.8. The van der Waals surface area contributed by atoms with Gasteiger partial charge in [0.05, 0.1) is 0 Å². The van der Waals surface area contributed by atoms with Gasteiger partial charge < -0.3 is 16.0 Å². The van der Waals surface area contributed by atoms with Crippen LogP contribution in [0.4, 0.5) is 0 Å². The minimum absolute atomic E-state index is 0.0162. The molecule has 238 valence electrons. The van der Waals surface area contributed by atoms with Crippen LogP contribution in [0, 0.1) is 11.3 Å². The molecule has 1 aliphatic heterocycles. The van der Waals surface area contributed by atoms with Crippen molar-refractivity contribution in [2.45, 2.75) is 96.3 Å². The zero-order valence-corrected chi connectivity index (χ0v) is 28.0. The topological polar surface area (TPSA) is 92.5 Å². The second kappa shape index (κ2) is 17.3. The fourth-order valence-electron chi connectivity index (χ4n) is 6.70. The van der Waals surface area contributed by atoms with E-state index in [-0.39, 0.29) is 28.9 Å². The third-order valence-electron chi connectivity index (χ3n) is 9.35. The third-order valence-corrected chi connectivity index (χ3v) is 11.5. The average Bonchev–Trinajstić information content (AvgIpc) is 3.01. The zero-order valence-electron chi connectivity index (χ0n) is 26.4. The smallest absolute Gasteiger partial charge is 0.245 e. The van der Waals surface area contributed by atoms with E-state index >= 15 is 0 Å². The summed E-state index contributed by atoms with van der Waals surface area (Å²) in [6, 6.07) is 6.75. The summed E-state index contributed by atoms with van der Waals surface area (Å²) in [5, 5.41) is 3.82. The average molecular weight is 630 g/mol. The van der Waals surface area contributed by atoms with E-state index in [9.17, 15) is 13.8 Å². The van der Waals surface area contributed by atoms with Gasteiger partial charge in [-0.15, -0.1) is 0 Å². The van der Waals surface area contributed by atoms with Crippen LogP contribution in [0.2, 0.25) is 5.02 Å². The Kier molecular flexibility index (Phi) is 14.2. The number of amides is 2. The van der Waals surface area contributed by atoms with Crippen molar-refractivity contribution in [2.24, 2.45) is 17.1 Å². The lowest BCUT2D eigenvalue weighted by Gasteiger charge is -2.48. The minimum Gasteiger partial charge on any atom is -0.344 e. The Hall–Kier alpha value is -2.22. The van der Waals surface area contributed by atoms with Crippen LogP contribution in [-0.4, -0.2) is 57.6 Å². The largest absolute Gasteiger partial charge is 0.344 e. The Morgan fingerprint density at radius 2 is 1.77 bits per heavy atom. The molecule has 2 atom stereocenters. The van der Waals surface area contributed by atoms with Gasteiger partial charge in [-0.2, -0.15) is 0 Å². The van der Waals surface area contributed by atoms with Crippen LogP contribution in [0.3, 0.4) is 0 Å². The molecule has 3 N–H and O–H groups in total. The van der Waals surface area contributed by atoms with E-state index in [0.29, 0.717) is 43.4 Å². The van der Waals surface area contributed by atoms with Gasteiger partial charge in [-0.1, -0.05) is 81.7 Å². The fraction of sp³-hybridized carbons (Fsp3) is 0.600. The van der Waals surface area contributed by atoms with Gasteiger partial charge in [0.1, 0.15) is 6.04 Å². The molecule has 2 aliphatic rings. The highest BCUT2D eigenvalue weighted by Crippen LogP contribution is 2.46. The summed E-state index contributed by atoms with van der Waals surface area (Å²) >= 11 is 6.11. The molecule has 2 amide bonds. The van der Waals surface area contributed by atoms with Gasteiger partial charge in [0.25, 0.3) is 0 Å². The molecule has 0 bridgehead atoms. The van der Waals surface area contributed by atoms with Gasteiger partial charge in [-0.25, -0.2) is 0 Å². The molecule has 0 spiro atoms. The summed E-state index contributed by atoms with van der Waals surface area (Å²) in [4.78, 5) is 29.2. The number of benzene rings is 1. The highest BCUT2D eigenvalue weighted by Gasteiger charge is 2.44. The molecule has 1 aromatic carbocycles. The Bertz CT molecular complexity index is 1160. The molecule has 0 aromatic heterocycles. The summed E-state index contributed by atoms with van der Waals surface area (Å²) in [5.41, 5.74) is 8.76. The van der Waals surface area contributed by atoms with Gasteiger partial charge in [0.2, 0.25) is 11.8 Å². The second-order valence-corrected chi connectivity index (χ2v) is 14.9. The zero-order chi connectivity index (χ0) is 31.4. The standard InChI is InChI=1S/C35H52ClN3O3S/c1-5-10-29(24-37)28(6-2)15-18-33(40)38-32(23-27-13-16-31(36)17-14-27)34(41)39-21-19-35(20-22-39,25-43(42)26(3)4)30-11-8-7-9-12-30/h5-6,10,13-14,16-17,26,30,32H,2,7-9,11-12,15,18-25,37H2,1,3-4H3,(H,38,40)/b10-5-,29-28-. The van der Waals surface area contributed by atoms with Crippen LogP contribution in [-0.2, 0) is 26.8 Å². The number of rotatable bonds is 14. The predicted molar refractivity (Wildman–Crippen MR) is 180 cm³/mol. The highest BCUT2D eigenvalue weighted by atomic mass is 35.5. The molecule has 1 heterocycles. The molecule has 1 aliphatic carbocycles. The lowest BCUT2D eigenvalue weighted by molar-refractivity contribution is -0.139. The van der Waals surface area contributed by atoms with E-state index in [0.717, 1.165) is 35.3 Å². The normalized spacial score (nSPS) is 19.6. The van der Waals surface area contributed by atoms with Gasteiger partial charge in [0.15, 0.2) is 0 Å². The molecule has 0 radical (unpaired) electrons. The van der Waals surface area contributed by atoms with Crippen molar-refractivity contribution in [3.05, 3.63) is 70.8 Å². The number of carbonyl (C=O) groups excluding carboxylic acids is 2. The van der Waals surface area contributed by atoms with Gasteiger partial charge in [0, 0.05) is 59.3 Å². The Labute approximate surface area is 267 Å². The lowest BCUT2D eigenvalue weighted by atomic mass is 9.65. The number of likely N-dealkylation sites (tertiary alicyclic amines) is 1. The van der Waals surface area contributed by atoms with E-state index in [1.807, 2.05) is 62.1 Å². The molecule has 6 nitrogen and oxygen atoms in total. The van der Waals surface area contributed by atoms with Crippen molar-refractivity contribution < 1.29 is 13.8 Å². The molecule has 8 heteroatoms. The first kappa shape index (κ1) is 35.3. The van der Waals surface area contributed by atoms with Crippen LogP contribution < -0.4 is 11.1 Å². The summed E-state index contributed by atoms with van der Waals surface area (Å²) in [7, 11) is -0.884. The summed E-state index contributed by atoms with van der Waals surface area (Å²) in [5.74, 6) is 1.06. The van der Waals surface area contributed by atoms with Gasteiger partial charge >= 0.3 is 0 Å². The first-order valence-electron chi connectivity index (χ1n) is 16.0. The van der Waals surface area contributed by atoms with Crippen LogP contribution in [0.15, 0.2) is 60.2 Å². The SMILES string of the molecule is C=C/C(CCC(=O)NC(Cc1ccc(Cl)cc1)C(=O)N1CCC(CS(=O)C(C)C)(C2CCCCC2)CC1)=C(\C=C/C)CN. The Morgan fingerprint density at radius 3 is 2.33 bits per heavy atom. The quantitative estimate of drug-likeness (QED) is 0.230. The number of carbonyl (C=O) groups is 2. The highest BCUT2D eigenvalue weighted by molar-refractivity contribution is 7.85. The molecule has 1 saturated heterocycles. The maximum Gasteiger partial charge on any atom is 0.245 e. The van der Waals surface area contributed by atoms with Crippen LogP contribution in [0.5, 0.6) is 0 Å². The Balaban J connectivity index is 1.75. The van der Waals surface area contributed by atoms with E-state index in [4.69, 9.17) is 17.3 Å². The fourth-order valence-corrected chi connectivity index (χ4v) is 8.25. The molecular formula is C35H52ClN3O3S. The maximum absolute atomic E-state index is 14.0. The Morgan fingerprint density at radius 1 is 1.12 bits per heavy atom. The number of allylic oxidation sites excluding steroid dienone is 3. The summed E-state index contributed by atoms with van der Waals surface area (Å²) < 4.78 is 13.1. The van der Waals surface area contributed by atoms with Crippen molar-refractivity contribution in [2.75, 3.05) is 25.4 Å². The number of halogens is 1. The number of hydrogen-bond acceptors (Lipinski definition) is 4. The van der Waals surface area contributed by atoms with Crippen LogP contribution in [0.1, 0.15) is 84.1 Å². The maximum atomic E-state index is 14.0. The van der Waals surface area contributed by atoms with Crippen molar-refractivity contribution in [1.82, 2.24) is 10.2 Å². The predicted octanol–water partition coefficient (Wildman–Crippen LogP) is 6.51. The molecule has 3 rings (SSSR count). The molecular weight excluding hydrogens is 578 g/mol. The van der Waals surface area contributed by atoms with Crippen molar-refractivity contribution in [3.63, 3.8) is 0 Å². The van der Waals surface area contributed by atoms with E-state index in [1.54, 1.807) is 6.08 Å². The van der Waals surface area contributed by atoms with E-state index in [1.165, 1.54) is 32.1 Å². The van der Waals surface area contributed by atoms with Crippen LogP contribution >= 0.6 is 11.6 Å². The van der Waals surface area contributed by atoms with Gasteiger partial charge in [-0.3, -0.25) is 13.8 Å². The third kappa shape index (κ3) is 10.2. The number of nitrogens with one attached hydrogen (secondary N) is 1. The molecule has 2 unspecified atom stereocenters. The van der Waals surface area contributed by atoms with E-state index in [2.05, 4.69) is 11.9 Å². The second-order valence-electron chi connectivity index (χ2n) is 12.5. The number of piperidine rings is 1. The van der Waals surface area contributed by atoms with E-state index < -0.39 is 16.8 Å². The van der Waals surface area contributed by atoms with Gasteiger partial charge in [-0.05, 0) is 79.2 Å². The first-order chi connectivity index (χ1) is 20.6. The van der Waals surface area contributed by atoms with Crippen molar-refractivity contribution >= 4 is 34.2 Å². The number of nitrogens with two attached hydrogens (primary N) is 1. The molecule has 1 saturated carbocycles. The minimum atomic E-state index is -0.884. The van der Waals surface area contributed by atoms with Crippen LogP contribution in [0.25, 0.3) is 0 Å².